The van der Waals surface area contributed by atoms with E-state index in [1.54, 1.807) is 4.68 Å². The second-order valence-electron chi connectivity index (χ2n) is 5.34. The zero-order valence-corrected chi connectivity index (χ0v) is 13.7. The van der Waals surface area contributed by atoms with Gasteiger partial charge in [0.05, 0.1) is 18.1 Å². The van der Waals surface area contributed by atoms with Gasteiger partial charge in [-0.05, 0) is 26.8 Å². The van der Waals surface area contributed by atoms with Gasteiger partial charge in [-0.3, -0.25) is 9.58 Å². The molecule has 0 aliphatic carbocycles. The van der Waals surface area contributed by atoms with Gasteiger partial charge in [0.2, 0.25) is 0 Å². The first-order valence-electron chi connectivity index (χ1n) is 7.77. The second kappa shape index (κ2) is 6.85. The summed E-state index contributed by atoms with van der Waals surface area (Å²) in [4.78, 5) is 11.8. The molecular weight excluding hydrogens is 264 g/mol. The van der Waals surface area contributed by atoms with Crippen LogP contribution in [0.15, 0.2) is 6.20 Å². The zero-order chi connectivity index (χ0) is 15.4. The van der Waals surface area contributed by atoms with Crippen molar-refractivity contribution in [2.45, 2.75) is 46.7 Å². The molecule has 0 fully saturated rings. The van der Waals surface area contributed by atoms with Crippen molar-refractivity contribution in [1.82, 2.24) is 24.6 Å². The quantitative estimate of drug-likeness (QED) is 0.848. The van der Waals surface area contributed by atoms with Gasteiger partial charge in [-0.1, -0.05) is 13.8 Å². The lowest BCUT2D eigenvalue weighted by molar-refractivity contribution is 0.201. The van der Waals surface area contributed by atoms with Crippen molar-refractivity contribution in [2.75, 3.05) is 18.4 Å². The number of rotatable bonds is 7. The Kier molecular flexibility index (Phi) is 5.12. The summed E-state index contributed by atoms with van der Waals surface area (Å²) >= 11 is 0. The van der Waals surface area contributed by atoms with Crippen LogP contribution >= 0.6 is 0 Å². The monoisotopic (exact) mass is 290 g/mol. The second-order valence-corrected chi connectivity index (χ2v) is 5.34. The molecule has 2 aromatic heterocycles. The van der Waals surface area contributed by atoms with E-state index in [0.29, 0.717) is 6.04 Å². The molecule has 2 rings (SSSR count). The largest absolute Gasteiger partial charge is 0.370 e. The smallest absolute Gasteiger partial charge is 0.163 e. The molecule has 0 amide bonds. The van der Waals surface area contributed by atoms with E-state index in [1.165, 1.54) is 0 Å². The molecular formula is C15H26N6. The predicted octanol–water partition coefficient (Wildman–Crippen LogP) is 2.42. The molecule has 0 aromatic carbocycles. The SMILES string of the molecule is CCNc1nc(CN(CC)C(C)CC)nc2c1cnn2C. The van der Waals surface area contributed by atoms with Gasteiger partial charge in [0.1, 0.15) is 11.6 Å². The molecule has 6 nitrogen and oxygen atoms in total. The molecule has 0 aliphatic rings. The number of aryl methyl sites for hydroxylation is 1. The van der Waals surface area contributed by atoms with Gasteiger partial charge in [-0.15, -0.1) is 0 Å². The van der Waals surface area contributed by atoms with Gasteiger partial charge in [0.25, 0.3) is 0 Å². The molecule has 1 N–H and O–H groups in total. The van der Waals surface area contributed by atoms with Gasteiger partial charge in [-0.2, -0.15) is 5.10 Å². The van der Waals surface area contributed by atoms with Crippen molar-refractivity contribution < 1.29 is 0 Å². The number of hydrogen-bond donors (Lipinski definition) is 1. The van der Waals surface area contributed by atoms with E-state index in [4.69, 9.17) is 4.98 Å². The molecule has 0 bridgehead atoms. The number of aromatic nitrogens is 4. The molecule has 0 saturated heterocycles. The number of nitrogens with one attached hydrogen (secondary N) is 1. The summed E-state index contributed by atoms with van der Waals surface area (Å²) in [5, 5.41) is 8.59. The fraction of sp³-hybridized carbons (Fsp3) is 0.667. The fourth-order valence-electron chi connectivity index (χ4n) is 2.46. The average molecular weight is 290 g/mol. The molecule has 0 aliphatic heterocycles. The van der Waals surface area contributed by atoms with Crippen molar-refractivity contribution in [3.05, 3.63) is 12.0 Å². The van der Waals surface area contributed by atoms with E-state index >= 15 is 0 Å². The lowest BCUT2D eigenvalue weighted by Crippen LogP contribution is -2.32. The highest BCUT2D eigenvalue weighted by molar-refractivity contribution is 5.86. The fourth-order valence-corrected chi connectivity index (χ4v) is 2.46. The molecule has 6 heteroatoms. The van der Waals surface area contributed by atoms with Crippen LogP contribution in [0.4, 0.5) is 5.82 Å². The van der Waals surface area contributed by atoms with Crippen LogP contribution in [-0.2, 0) is 13.6 Å². The predicted molar refractivity (Wildman–Crippen MR) is 86.3 cm³/mol. The molecule has 1 unspecified atom stereocenters. The van der Waals surface area contributed by atoms with E-state index in [0.717, 1.165) is 48.7 Å². The van der Waals surface area contributed by atoms with E-state index in [-0.39, 0.29) is 0 Å². The number of fused-ring (bicyclic) bond motifs is 1. The van der Waals surface area contributed by atoms with Crippen LogP contribution in [0, 0.1) is 0 Å². The van der Waals surface area contributed by atoms with Crippen molar-refractivity contribution in [2.24, 2.45) is 7.05 Å². The average Bonchev–Trinajstić information content (AvgIpc) is 2.86. The summed E-state index contributed by atoms with van der Waals surface area (Å²) in [5.41, 5.74) is 0.885. The topological polar surface area (TPSA) is 58.9 Å². The van der Waals surface area contributed by atoms with Crippen molar-refractivity contribution >= 4 is 16.9 Å². The first-order valence-corrected chi connectivity index (χ1v) is 7.77. The highest BCUT2D eigenvalue weighted by Crippen LogP contribution is 2.20. The minimum atomic E-state index is 0.531. The van der Waals surface area contributed by atoms with Gasteiger partial charge >= 0.3 is 0 Å². The summed E-state index contributed by atoms with van der Waals surface area (Å²) in [6, 6.07) is 0.531. The van der Waals surface area contributed by atoms with Crippen molar-refractivity contribution in [3.8, 4) is 0 Å². The molecule has 2 aromatic rings. The molecule has 2 heterocycles. The maximum atomic E-state index is 4.69. The van der Waals surface area contributed by atoms with Crippen LogP contribution < -0.4 is 5.32 Å². The molecule has 116 valence electrons. The lowest BCUT2D eigenvalue weighted by atomic mass is 10.2. The summed E-state index contributed by atoms with van der Waals surface area (Å²) in [5.74, 6) is 1.73. The van der Waals surface area contributed by atoms with Crippen LogP contribution in [0.2, 0.25) is 0 Å². The maximum Gasteiger partial charge on any atom is 0.163 e. The Bertz CT molecular complexity index is 591. The Morgan fingerprint density at radius 3 is 2.67 bits per heavy atom. The number of anilines is 1. The maximum absolute atomic E-state index is 4.69. The van der Waals surface area contributed by atoms with Crippen LogP contribution in [-0.4, -0.2) is 43.8 Å². The number of hydrogen-bond acceptors (Lipinski definition) is 5. The van der Waals surface area contributed by atoms with Gasteiger partial charge in [0.15, 0.2) is 5.65 Å². The minimum absolute atomic E-state index is 0.531. The normalized spacial score (nSPS) is 13.0. The van der Waals surface area contributed by atoms with Crippen LogP contribution in [0.25, 0.3) is 11.0 Å². The Balaban J connectivity index is 2.37. The Morgan fingerprint density at radius 1 is 1.29 bits per heavy atom. The molecule has 0 spiro atoms. The third-order valence-electron chi connectivity index (χ3n) is 3.95. The van der Waals surface area contributed by atoms with E-state index in [9.17, 15) is 0 Å². The van der Waals surface area contributed by atoms with Gasteiger partial charge < -0.3 is 5.32 Å². The summed E-state index contributed by atoms with van der Waals surface area (Å²) in [6.07, 6.45) is 2.95. The first-order chi connectivity index (χ1) is 10.1. The molecule has 0 saturated carbocycles. The Hall–Kier alpha value is -1.69. The summed E-state index contributed by atoms with van der Waals surface area (Å²) in [7, 11) is 1.92. The minimum Gasteiger partial charge on any atom is -0.370 e. The molecule has 0 radical (unpaired) electrons. The molecule has 21 heavy (non-hydrogen) atoms. The van der Waals surface area contributed by atoms with E-state index in [1.807, 2.05) is 13.2 Å². The number of nitrogens with zero attached hydrogens (tertiary/aromatic N) is 5. The third-order valence-corrected chi connectivity index (χ3v) is 3.95. The molecule has 1 atom stereocenters. The van der Waals surface area contributed by atoms with Gasteiger partial charge in [-0.25, -0.2) is 9.97 Å². The van der Waals surface area contributed by atoms with Crippen LogP contribution in [0.3, 0.4) is 0 Å². The standard InChI is InChI=1S/C15H26N6/c1-6-11(4)21(8-3)10-13-18-14(16-7-2)12-9-17-20(5)15(12)19-13/h9,11H,6-8,10H2,1-5H3,(H,16,18,19). The van der Waals surface area contributed by atoms with Crippen molar-refractivity contribution in [1.29, 1.82) is 0 Å². The first kappa shape index (κ1) is 15.7. The highest BCUT2D eigenvalue weighted by atomic mass is 15.3. The van der Waals surface area contributed by atoms with E-state index in [2.05, 4.69) is 48.0 Å². The Labute approximate surface area is 126 Å². The Morgan fingerprint density at radius 2 is 2.05 bits per heavy atom. The van der Waals surface area contributed by atoms with Crippen LogP contribution in [0.1, 0.15) is 39.9 Å². The summed E-state index contributed by atoms with van der Waals surface area (Å²) < 4.78 is 1.81. The summed E-state index contributed by atoms with van der Waals surface area (Å²) in [6.45, 7) is 11.3. The highest BCUT2D eigenvalue weighted by Gasteiger charge is 2.15. The van der Waals surface area contributed by atoms with Gasteiger partial charge in [0, 0.05) is 19.6 Å². The van der Waals surface area contributed by atoms with Crippen LogP contribution in [0.5, 0.6) is 0 Å². The zero-order valence-electron chi connectivity index (χ0n) is 13.7. The third kappa shape index (κ3) is 3.32. The lowest BCUT2D eigenvalue weighted by Gasteiger charge is -2.26. The van der Waals surface area contributed by atoms with Crippen molar-refractivity contribution in [3.63, 3.8) is 0 Å². The van der Waals surface area contributed by atoms with E-state index < -0.39 is 0 Å².